The predicted octanol–water partition coefficient (Wildman–Crippen LogP) is 0.836. The Morgan fingerprint density at radius 2 is 2.29 bits per heavy atom. The number of benzene rings is 1. The molecule has 1 unspecified atom stereocenters. The Hall–Kier alpha value is -1.88. The number of fused-ring (bicyclic) bond motifs is 1. The van der Waals surface area contributed by atoms with Crippen LogP contribution in [0.3, 0.4) is 0 Å². The number of carboxylic acids is 1. The molecule has 2 aromatic rings. The Labute approximate surface area is 98.8 Å². The number of aryl methyl sites for hydroxylation is 2. The molecule has 1 atom stereocenters. The van der Waals surface area contributed by atoms with E-state index in [0.717, 1.165) is 22.0 Å². The summed E-state index contributed by atoms with van der Waals surface area (Å²) in [6.07, 6.45) is 2.11. The van der Waals surface area contributed by atoms with Crippen molar-refractivity contribution in [1.29, 1.82) is 0 Å². The molecule has 0 amide bonds. The van der Waals surface area contributed by atoms with Gasteiger partial charge in [-0.1, -0.05) is 6.07 Å². The van der Waals surface area contributed by atoms with Gasteiger partial charge in [-0.3, -0.25) is 9.48 Å². The first-order valence-electron chi connectivity index (χ1n) is 5.38. The van der Waals surface area contributed by atoms with Gasteiger partial charge in [0.05, 0.1) is 11.7 Å². The maximum absolute atomic E-state index is 10.7. The van der Waals surface area contributed by atoms with E-state index in [9.17, 15) is 4.79 Å². The molecule has 0 aliphatic rings. The highest BCUT2D eigenvalue weighted by molar-refractivity contribution is 5.83. The quantitative estimate of drug-likeness (QED) is 0.823. The summed E-state index contributed by atoms with van der Waals surface area (Å²) in [7, 11) is 1.89. The van der Waals surface area contributed by atoms with Gasteiger partial charge in [0, 0.05) is 12.4 Å². The largest absolute Gasteiger partial charge is 0.480 e. The second-order valence-electron chi connectivity index (χ2n) is 4.27. The monoisotopic (exact) mass is 233 g/mol. The van der Waals surface area contributed by atoms with Crippen LogP contribution in [0.4, 0.5) is 0 Å². The second-order valence-corrected chi connectivity index (χ2v) is 4.27. The van der Waals surface area contributed by atoms with Gasteiger partial charge in [0.25, 0.3) is 0 Å². The molecule has 17 heavy (non-hydrogen) atoms. The van der Waals surface area contributed by atoms with E-state index in [2.05, 4.69) is 5.10 Å². The molecule has 3 N–H and O–H groups in total. The molecule has 5 nitrogen and oxygen atoms in total. The van der Waals surface area contributed by atoms with Crippen molar-refractivity contribution in [2.45, 2.75) is 19.4 Å². The summed E-state index contributed by atoms with van der Waals surface area (Å²) in [6, 6.07) is 3.05. The molecule has 0 radical (unpaired) electrons. The first-order chi connectivity index (χ1) is 7.99. The highest BCUT2D eigenvalue weighted by Gasteiger charge is 2.13. The van der Waals surface area contributed by atoms with Crippen molar-refractivity contribution in [3.8, 4) is 0 Å². The summed E-state index contributed by atoms with van der Waals surface area (Å²) >= 11 is 0. The number of aromatic nitrogens is 2. The van der Waals surface area contributed by atoms with Crippen molar-refractivity contribution in [1.82, 2.24) is 9.78 Å². The molecule has 90 valence electrons. The van der Waals surface area contributed by atoms with Crippen LogP contribution >= 0.6 is 0 Å². The zero-order chi connectivity index (χ0) is 12.6. The average Bonchev–Trinajstić information content (AvgIpc) is 2.60. The summed E-state index contributed by atoms with van der Waals surface area (Å²) < 4.78 is 1.81. The number of nitrogens with zero attached hydrogens (tertiary/aromatic N) is 2. The van der Waals surface area contributed by atoms with Gasteiger partial charge in [-0.15, -0.1) is 0 Å². The molecule has 0 aliphatic heterocycles. The summed E-state index contributed by atoms with van der Waals surface area (Å²) in [5, 5.41) is 14.0. The lowest BCUT2D eigenvalue weighted by atomic mass is 10.0. The highest BCUT2D eigenvalue weighted by atomic mass is 16.4. The van der Waals surface area contributed by atoms with E-state index in [4.69, 9.17) is 10.8 Å². The molecule has 0 spiro atoms. The van der Waals surface area contributed by atoms with E-state index in [1.807, 2.05) is 30.8 Å². The van der Waals surface area contributed by atoms with Crippen molar-refractivity contribution in [2.75, 3.05) is 0 Å². The standard InChI is InChI=1S/C12H15N3O2/c1-7-3-8(5-10(13)12(16)17)4-9-6-14-15(2)11(7)9/h3-4,6,10H,5,13H2,1-2H3,(H,16,17). The lowest BCUT2D eigenvalue weighted by molar-refractivity contribution is -0.138. The minimum Gasteiger partial charge on any atom is -0.480 e. The Morgan fingerprint density at radius 3 is 2.94 bits per heavy atom. The van der Waals surface area contributed by atoms with Crippen molar-refractivity contribution in [2.24, 2.45) is 12.8 Å². The SMILES string of the molecule is Cc1cc(CC(N)C(=O)O)cc2cnn(C)c12. The number of rotatable bonds is 3. The number of nitrogens with two attached hydrogens (primary N) is 1. The van der Waals surface area contributed by atoms with Crippen LogP contribution in [-0.4, -0.2) is 26.9 Å². The first kappa shape index (κ1) is 11.6. The van der Waals surface area contributed by atoms with Crippen molar-refractivity contribution < 1.29 is 9.90 Å². The predicted molar refractivity (Wildman–Crippen MR) is 64.8 cm³/mol. The number of carboxylic acid groups (broad SMARTS) is 1. The first-order valence-corrected chi connectivity index (χ1v) is 5.38. The second kappa shape index (κ2) is 4.18. The van der Waals surface area contributed by atoms with E-state index in [1.54, 1.807) is 6.20 Å². The average molecular weight is 233 g/mol. The van der Waals surface area contributed by atoms with E-state index >= 15 is 0 Å². The van der Waals surface area contributed by atoms with Gasteiger partial charge in [-0.25, -0.2) is 0 Å². The minimum atomic E-state index is -0.978. The summed E-state index contributed by atoms with van der Waals surface area (Å²) in [5.74, 6) is -0.978. The molecule has 2 rings (SSSR count). The molecule has 0 fully saturated rings. The van der Waals surface area contributed by atoms with Crippen molar-refractivity contribution in [3.63, 3.8) is 0 Å². The molecule has 1 heterocycles. The van der Waals surface area contributed by atoms with Gasteiger partial charge >= 0.3 is 5.97 Å². The van der Waals surface area contributed by atoms with Gasteiger partial charge in [-0.05, 0) is 30.5 Å². The van der Waals surface area contributed by atoms with Crippen LogP contribution in [0.25, 0.3) is 10.9 Å². The van der Waals surface area contributed by atoms with Crippen LogP contribution < -0.4 is 5.73 Å². The molecule has 0 saturated heterocycles. The third-order valence-corrected chi connectivity index (χ3v) is 2.86. The molecule has 0 saturated carbocycles. The smallest absolute Gasteiger partial charge is 0.320 e. The fraction of sp³-hybridized carbons (Fsp3) is 0.333. The third-order valence-electron chi connectivity index (χ3n) is 2.86. The number of carbonyl (C=O) groups is 1. The lowest BCUT2D eigenvalue weighted by Gasteiger charge is -2.08. The van der Waals surface area contributed by atoms with Gasteiger partial charge in [0.15, 0.2) is 0 Å². The maximum Gasteiger partial charge on any atom is 0.320 e. The van der Waals surface area contributed by atoms with Crippen molar-refractivity contribution >= 4 is 16.9 Å². The van der Waals surface area contributed by atoms with E-state index in [-0.39, 0.29) is 0 Å². The lowest BCUT2D eigenvalue weighted by Crippen LogP contribution is -2.32. The van der Waals surface area contributed by atoms with Crippen LogP contribution in [0.2, 0.25) is 0 Å². The minimum absolute atomic E-state index is 0.334. The Morgan fingerprint density at radius 1 is 1.59 bits per heavy atom. The summed E-state index contributed by atoms with van der Waals surface area (Å²) in [5.41, 5.74) is 8.60. The normalized spacial score (nSPS) is 12.9. The van der Waals surface area contributed by atoms with E-state index in [1.165, 1.54) is 0 Å². The summed E-state index contributed by atoms with van der Waals surface area (Å²) in [6.45, 7) is 1.99. The molecule has 5 heteroatoms. The highest BCUT2D eigenvalue weighted by Crippen LogP contribution is 2.20. The molecule has 1 aromatic carbocycles. The van der Waals surface area contributed by atoms with E-state index < -0.39 is 12.0 Å². The van der Waals surface area contributed by atoms with Crippen LogP contribution in [0, 0.1) is 6.92 Å². The van der Waals surface area contributed by atoms with Gasteiger partial charge in [-0.2, -0.15) is 5.10 Å². The van der Waals surface area contributed by atoms with Gasteiger partial charge in [0.1, 0.15) is 6.04 Å². The zero-order valence-electron chi connectivity index (χ0n) is 9.84. The fourth-order valence-electron chi connectivity index (χ4n) is 2.09. The molecule has 0 bridgehead atoms. The molecule has 0 aliphatic carbocycles. The van der Waals surface area contributed by atoms with Crippen LogP contribution in [0.15, 0.2) is 18.3 Å². The van der Waals surface area contributed by atoms with Crippen LogP contribution in [0.1, 0.15) is 11.1 Å². The number of hydrogen-bond acceptors (Lipinski definition) is 3. The maximum atomic E-state index is 10.7. The fourth-order valence-corrected chi connectivity index (χ4v) is 2.09. The summed E-state index contributed by atoms with van der Waals surface area (Å²) in [4.78, 5) is 10.7. The topological polar surface area (TPSA) is 81.1 Å². The molecular formula is C12H15N3O2. The number of aliphatic carboxylic acids is 1. The van der Waals surface area contributed by atoms with E-state index in [0.29, 0.717) is 6.42 Å². The Kier molecular flexibility index (Phi) is 2.85. The van der Waals surface area contributed by atoms with Crippen LogP contribution in [0.5, 0.6) is 0 Å². The Bertz CT molecular complexity index is 574. The zero-order valence-corrected chi connectivity index (χ0v) is 9.84. The third kappa shape index (κ3) is 2.14. The van der Waals surface area contributed by atoms with Gasteiger partial charge in [0.2, 0.25) is 0 Å². The van der Waals surface area contributed by atoms with Gasteiger partial charge < -0.3 is 10.8 Å². The molecule has 1 aromatic heterocycles. The Balaban J connectivity index is 2.40. The van der Waals surface area contributed by atoms with Crippen molar-refractivity contribution in [3.05, 3.63) is 29.5 Å². The molecular weight excluding hydrogens is 218 g/mol. The number of hydrogen-bond donors (Lipinski definition) is 2. The van der Waals surface area contributed by atoms with Crippen LogP contribution in [-0.2, 0) is 18.3 Å².